The Morgan fingerprint density at radius 2 is 2.08 bits per heavy atom. The molecule has 24 heavy (non-hydrogen) atoms. The molecule has 2 aliphatic rings. The maximum atomic E-state index is 12.6. The fourth-order valence-electron chi connectivity index (χ4n) is 2.93. The summed E-state index contributed by atoms with van der Waals surface area (Å²) in [5.74, 6) is -1.32. The number of alkyl halides is 3. The van der Waals surface area contributed by atoms with Crippen LogP contribution in [-0.4, -0.2) is 47.7 Å². The minimum Gasteiger partial charge on any atom is -0.364 e. The predicted octanol–water partition coefficient (Wildman–Crippen LogP) is 2.08. The number of rotatable bonds is 4. The summed E-state index contributed by atoms with van der Waals surface area (Å²) in [5, 5.41) is 5.77. The van der Waals surface area contributed by atoms with Crippen LogP contribution in [0.25, 0.3) is 0 Å². The van der Waals surface area contributed by atoms with Crippen molar-refractivity contribution in [3.05, 3.63) is 17.5 Å². The van der Waals surface area contributed by atoms with Gasteiger partial charge in [-0.3, -0.25) is 9.59 Å². The van der Waals surface area contributed by atoms with Gasteiger partial charge in [0.05, 0.1) is 11.6 Å². The molecule has 0 spiro atoms. The van der Waals surface area contributed by atoms with Gasteiger partial charge in [0.25, 0.3) is 5.91 Å². The van der Waals surface area contributed by atoms with Crippen LogP contribution in [0.1, 0.15) is 47.7 Å². The van der Waals surface area contributed by atoms with Gasteiger partial charge in [0, 0.05) is 19.0 Å². The summed E-state index contributed by atoms with van der Waals surface area (Å²) in [6.45, 7) is -0.775. The molecule has 2 fully saturated rings. The van der Waals surface area contributed by atoms with Crippen LogP contribution in [0, 0.1) is 5.92 Å². The Kier molecular flexibility index (Phi) is 4.51. The number of aromatic nitrogens is 1. The maximum Gasteiger partial charge on any atom is 0.405 e. The Labute approximate surface area is 136 Å². The molecule has 0 aromatic carbocycles. The number of carbonyl (C=O) groups is 2. The number of halogens is 3. The summed E-state index contributed by atoms with van der Waals surface area (Å²) in [5.41, 5.74) is 1.04. The van der Waals surface area contributed by atoms with Gasteiger partial charge in [0.15, 0.2) is 0 Å². The second kappa shape index (κ2) is 6.45. The third-order valence-electron chi connectivity index (χ3n) is 4.33. The lowest BCUT2D eigenvalue weighted by Crippen LogP contribution is -2.47. The first-order valence-electron chi connectivity index (χ1n) is 7.93. The summed E-state index contributed by atoms with van der Waals surface area (Å²) in [7, 11) is 0. The van der Waals surface area contributed by atoms with E-state index >= 15 is 0 Å². The lowest BCUT2D eigenvalue weighted by atomic mass is 9.96. The normalized spacial score (nSPS) is 21.6. The highest BCUT2D eigenvalue weighted by molar-refractivity contribution is 5.95. The smallest absolute Gasteiger partial charge is 0.364 e. The fourth-order valence-corrected chi connectivity index (χ4v) is 2.93. The molecule has 1 N–H and O–H groups in total. The number of amides is 2. The van der Waals surface area contributed by atoms with E-state index < -0.39 is 24.5 Å². The first kappa shape index (κ1) is 16.8. The van der Waals surface area contributed by atoms with Crippen LogP contribution in [0.15, 0.2) is 10.8 Å². The molecular weight excluding hydrogens is 327 g/mol. The van der Waals surface area contributed by atoms with Crippen LogP contribution in [0.3, 0.4) is 0 Å². The molecule has 3 rings (SSSR count). The van der Waals surface area contributed by atoms with Crippen LogP contribution in [0.5, 0.6) is 0 Å². The van der Waals surface area contributed by atoms with Crippen molar-refractivity contribution in [3.63, 3.8) is 0 Å². The van der Waals surface area contributed by atoms with Crippen molar-refractivity contribution in [1.29, 1.82) is 0 Å². The molecule has 2 amide bonds. The molecule has 1 atom stereocenters. The first-order chi connectivity index (χ1) is 11.3. The average Bonchev–Trinajstić information content (AvgIpc) is 3.28. The molecule has 1 saturated carbocycles. The Morgan fingerprint density at radius 1 is 1.33 bits per heavy atom. The van der Waals surface area contributed by atoms with Crippen molar-refractivity contribution in [2.75, 3.05) is 19.6 Å². The maximum absolute atomic E-state index is 12.6. The summed E-state index contributed by atoms with van der Waals surface area (Å²) in [6, 6.07) is 0. The molecule has 132 valence electrons. The third kappa shape index (κ3) is 3.88. The van der Waals surface area contributed by atoms with Crippen LogP contribution in [0.2, 0.25) is 0 Å². The molecular formula is C15H18F3N3O3. The van der Waals surface area contributed by atoms with E-state index in [9.17, 15) is 22.8 Å². The SMILES string of the molecule is O=C(NCC(F)(F)F)C1CCCN(C(=O)c2conc2C2CC2)C1. The van der Waals surface area contributed by atoms with Crippen LogP contribution < -0.4 is 5.32 Å². The lowest BCUT2D eigenvalue weighted by molar-refractivity contribution is -0.141. The van der Waals surface area contributed by atoms with E-state index in [1.807, 2.05) is 5.32 Å². The fraction of sp³-hybridized carbons (Fsp3) is 0.667. The van der Waals surface area contributed by atoms with Gasteiger partial charge in [-0.2, -0.15) is 13.2 Å². The van der Waals surface area contributed by atoms with Gasteiger partial charge >= 0.3 is 6.18 Å². The quantitative estimate of drug-likeness (QED) is 0.907. The average molecular weight is 345 g/mol. The van der Waals surface area contributed by atoms with Crippen molar-refractivity contribution in [2.45, 2.75) is 37.8 Å². The molecule has 9 heteroatoms. The number of hydrogen-bond donors (Lipinski definition) is 1. The zero-order chi connectivity index (χ0) is 17.3. The first-order valence-corrected chi connectivity index (χ1v) is 7.93. The van der Waals surface area contributed by atoms with Crippen LogP contribution in [0.4, 0.5) is 13.2 Å². The number of nitrogens with zero attached hydrogens (tertiary/aromatic N) is 2. The monoisotopic (exact) mass is 345 g/mol. The molecule has 1 aliphatic carbocycles. The molecule has 1 aromatic rings. The van der Waals surface area contributed by atoms with Gasteiger partial charge in [0.1, 0.15) is 18.4 Å². The highest BCUT2D eigenvalue weighted by atomic mass is 19.4. The topological polar surface area (TPSA) is 75.4 Å². The molecule has 1 aliphatic heterocycles. The van der Waals surface area contributed by atoms with Crippen LogP contribution in [-0.2, 0) is 4.79 Å². The summed E-state index contributed by atoms with van der Waals surface area (Å²) in [4.78, 5) is 26.0. The van der Waals surface area contributed by atoms with Crippen molar-refractivity contribution >= 4 is 11.8 Å². The Morgan fingerprint density at radius 3 is 2.75 bits per heavy atom. The molecule has 1 unspecified atom stereocenters. The van der Waals surface area contributed by atoms with Crippen molar-refractivity contribution < 1.29 is 27.3 Å². The second-order valence-electron chi connectivity index (χ2n) is 6.31. The summed E-state index contributed by atoms with van der Waals surface area (Å²) < 4.78 is 41.5. The van der Waals surface area contributed by atoms with Gasteiger partial charge in [-0.1, -0.05) is 5.16 Å². The highest BCUT2D eigenvalue weighted by Gasteiger charge is 2.36. The minimum absolute atomic E-state index is 0.109. The molecule has 0 bridgehead atoms. The number of carbonyl (C=O) groups excluding carboxylic acids is 2. The zero-order valence-electron chi connectivity index (χ0n) is 12.9. The third-order valence-corrected chi connectivity index (χ3v) is 4.33. The van der Waals surface area contributed by atoms with E-state index in [4.69, 9.17) is 4.52 Å². The Bertz CT molecular complexity index is 625. The summed E-state index contributed by atoms with van der Waals surface area (Å²) in [6.07, 6.45) is -0.165. The van der Waals surface area contributed by atoms with Crippen molar-refractivity contribution in [1.82, 2.24) is 15.4 Å². The van der Waals surface area contributed by atoms with E-state index in [2.05, 4.69) is 5.16 Å². The second-order valence-corrected chi connectivity index (χ2v) is 6.31. The largest absolute Gasteiger partial charge is 0.405 e. The molecule has 2 heterocycles. The number of piperidine rings is 1. The van der Waals surface area contributed by atoms with E-state index in [0.29, 0.717) is 30.6 Å². The van der Waals surface area contributed by atoms with Gasteiger partial charge in [0.2, 0.25) is 5.91 Å². The van der Waals surface area contributed by atoms with Gasteiger partial charge in [-0.25, -0.2) is 0 Å². The van der Waals surface area contributed by atoms with Crippen molar-refractivity contribution in [2.24, 2.45) is 5.92 Å². The number of likely N-dealkylation sites (tertiary alicyclic amines) is 1. The van der Waals surface area contributed by atoms with Crippen LogP contribution >= 0.6 is 0 Å². The number of nitrogens with one attached hydrogen (secondary N) is 1. The van der Waals surface area contributed by atoms with Gasteiger partial charge in [-0.15, -0.1) is 0 Å². The molecule has 1 aromatic heterocycles. The standard InChI is InChI=1S/C15H18F3N3O3/c16-15(17,18)8-19-13(22)10-2-1-5-21(6-10)14(23)11-7-24-20-12(11)9-3-4-9/h7,9-10H,1-6,8H2,(H,19,22). The predicted molar refractivity (Wildman–Crippen MR) is 76.2 cm³/mol. The van der Waals surface area contributed by atoms with Gasteiger partial charge in [-0.05, 0) is 25.7 Å². The molecule has 1 saturated heterocycles. The van der Waals surface area contributed by atoms with E-state index in [0.717, 1.165) is 12.8 Å². The number of hydrogen-bond acceptors (Lipinski definition) is 4. The van der Waals surface area contributed by atoms with E-state index in [1.54, 1.807) is 0 Å². The molecule has 6 nitrogen and oxygen atoms in total. The lowest BCUT2D eigenvalue weighted by Gasteiger charge is -2.32. The summed E-state index contributed by atoms with van der Waals surface area (Å²) >= 11 is 0. The minimum atomic E-state index is -4.44. The highest BCUT2D eigenvalue weighted by Crippen LogP contribution is 2.41. The van der Waals surface area contributed by atoms with E-state index in [-0.39, 0.29) is 18.4 Å². The van der Waals surface area contributed by atoms with E-state index in [1.165, 1.54) is 11.2 Å². The van der Waals surface area contributed by atoms with Gasteiger partial charge < -0.3 is 14.7 Å². The Hall–Kier alpha value is -2.06. The zero-order valence-corrected chi connectivity index (χ0v) is 12.9. The Balaban J connectivity index is 1.61. The molecule has 0 radical (unpaired) electrons. The van der Waals surface area contributed by atoms with Crippen molar-refractivity contribution in [3.8, 4) is 0 Å².